The fourth-order valence-corrected chi connectivity index (χ4v) is 2.37. The Kier molecular flexibility index (Phi) is 4.01. The van der Waals surface area contributed by atoms with Crippen LogP contribution >= 0.6 is 0 Å². The van der Waals surface area contributed by atoms with E-state index in [1.165, 1.54) is 5.56 Å². The predicted molar refractivity (Wildman–Crippen MR) is 86.7 cm³/mol. The van der Waals surface area contributed by atoms with Crippen molar-refractivity contribution in [2.75, 3.05) is 11.9 Å². The molecule has 0 aliphatic rings. The summed E-state index contributed by atoms with van der Waals surface area (Å²) >= 11 is 0. The molecule has 0 atom stereocenters. The second-order valence-corrected chi connectivity index (χ2v) is 4.81. The minimum atomic E-state index is 0.686. The van der Waals surface area contributed by atoms with Crippen LogP contribution in [0.15, 0.2) is 60.8 Å². The molecule has 3 heteroatoms. The van der Waals surface area contributed by atoms with Crippen LogP contribution in [0.4, 0.5) is 5.69 Å². The molecule has 0 spiro atoms. The number of nitrogens with zero attached hydrogens (tertiary/aromatic N) is 1. The van der Waals surface area contributed by atoms with Crippen LogP contribution in [0, 0.1) is 0 Å². The SMILES string of the molecule is CCOc1cccc(CNc2cccc3ncccc23)c1. The van der Waals surface area contributed by atoms with Crippen molar-refractivity contribution in [1.29, 1.82) is 0 Å². The molecule has 0 unspecified atom stereocenters. The van der Waals surface area contributed by atoms with Crippen LogP contribution in [-0.4, -0.2) is 11.6 Å². The van der Waals surface area contributed by atoms with Crippen molar-refractivity contribution < 1.29 is 4.74 Å². The van der Waals surface area contributed by atoms with Crippen molar-refractivity contribution in [3.63, 3.8) is 0 Å². The first-order valence-electron chi connectivity index (χ1n) is 7.16. The molecule has 0 aliphatic heterocycles. The number of hydrogen-bond acceptors (Lipinski definition) is 3. The second-order valence-electron chi connectivity index (χ2n) is 4.81. The van der Waals surface area contributed by atoms with Gasteiger partial charge >= 0.3 is 0 Å². The largest absolute Gasteiger partial charge is 0.494 e. The maximum absolute atomic E-state index is 5.53. The molecule has 0 saturated heterocycles. The highest BCUT2D eigenvalue weighted by Crippen LogP contribution is 2.22. The van der Waals surface area contributed by atoms with Crippen LogP contribution in [0.1, 0.15) is 12.5 Å². The molecule has 0 saturated carbocycles. The van der Waals surface area contributed by atoms with E-state index < -0.39 is 0 Å². The van der Waals surface area contributed by atoms with E-state index >= 15 is 0 Å². The van der Waals surface area contributed by atoms with E-state index in [-0.39, 0.29) is 0 Å². The Morgan fingerprint density at radius 3 is 2.86 bits per heavy atom. The summed E-state index contributed by atoms with van der Waals surface area (Å²) in [5.41, 5.74) is 3.30. The van der Waals surface area contributed by atoms with E-state index in [1.54, 1.807) is 0 Å². The number of benzene rings is 2. The topological polar surface area (TPSA) is 34.1 Å². The Morgan fingerprint density at radius 1 is 1.05 bits per heavy atom. The highest BCUT2D eigenvalue weighted by molar-refractivity contribution is 5.91. The molecular formula is C18H18N2O. The van der Waals surface area contributed by atoms with E-state index in [0.717, 1.165) is 28.9 Å². The number of fused-ring (bicyclic) bond motifs is 1. The zero-order valence-electron chi connectivity index (χ0n) is 12.0. The Bertz CT molecular complexity index is 735. The van der Waals surface area contributed by atoms with Crippen molar-refractivity contribution >= 4 is 16.6 Å². The van der Waals surface area contributed by atoms with E-state index in [2.05, 4.69) is 34.6 Å². The minimum Gasteiger partial charge on any atom is -0.494 e. The normalized spacial score (nSPS) is 10.5. The quantitative estimate of drug-likeness (QED) is 0.757. The molecule has 1 aromatic heterocycles. The van der Waals surface area contributed by atoms with Crippen LogP contribution in [0.5, 0.6) is 5.75 Å². The maximum atomic E-state index is 5.53. The first kappa shape index (κ1) is 13.4. The van der Waals surface area contributed by atoms with E-state index in [1.807, 2.05) is 43.5 Å². The Hall–Kier alpha value is -2.55. The van der Waals surface area contributed by atoms with E-state index in [9.17, 15) is 0 Å². The van der Waals surface area contributed by atoms with Gasteiger partial charge in [0.2, 0.25) is 0 Å². The van der Waals surface area contributed by atoms with Crippen molar-refractivity contribution in [1.82, 2.24) is 4.98 Å². The van der Waals surface area contributed by atoms with E-state index in [0.29, 0.717) is 6.61 Å². The van der Waals surface area contributed by atoms with Gasteiger partial charge in [-0.1, -0.05) is 18.2 Å². The lowest BCUT2D eigenvalue weighted by Crippen LogP contribution is -2.01. The van der Waals surface area contributed by atoms with Gasteiger partial charge in [-0.05, 0) is 48.9 Å². The Balaban J connectivity index is 1.79. The summed E-state index contributed by atoms with van der Waals surface area (Å²) in [6, 6.07) is 18.3. The Labute approximate surface area is 124 Å². The molecule has 1 heterocycles. The molecule has 1 N–H and O–H groups in total. The van der Waals surface area contributed by atoms with E-state index in [4.69, 9.17) is 4.74 Å². The fraction of sp³-hybridized carbons (Fsp3) is 0.167. The number of aromatic nitrogens is 1. The molecule has 2 aromatic carbocycles. The van der Waals surface area contributed by atoms with Crippen molar-refractivity contribution in [3.05, 3.63) is 66.4 Å². The van der Waals surface area contributed by atoms with Crippen LogP contribution in [0.3, 0.4) is 0 Å². The molecule has 21 heavy (non-hydrogen) atoms. The third-order valence-corrected chi connectivity index (χ3v) is 3.34. The third-order valence-electron chi connectivity index (χ3n) is 3.34. The molecule has 3 aromatic rings. The summed E-state index contributed by atoms with van der Waals surface area (Å²) in [4.78, 5) is 4.38. The molecule has 0 aliphatic carbocycles. The highest BCUT2D eigenvalue weighted by atomic mass is 16.5. The maximum Gasteiger partial charge on any atom is 0.119 e. The van der Waals surface area contributed by atoms with Crippen molar-refractivity contribution in [2.45, 2.75) is 13.5 Å². The van der Waals surface area contributed by atoms with Gasteiger partial charge in [-0.2, -0.15) is 0 Å². The van der Waals surface area contributed by atoms with Gasteiger partial charge in [0.25, 0.3) is 0 Å². The molecule has 0 radical (unpaired) electrons. The number of hydrogen-bond donors (Lipinski definition) is 1. The number of nitrogens with one attached hydrogen (secondary N) is 1. The standard InChI is InChI=1S/C18H18N2O/c1-2-21-15-7-3-6-14(12-15)13-20-18-10-4-9-17-16(18)8-5-11-19-17/h3-12,20H,2,13H2,1H3. The lowest BCUT2D eigenvalue weighted by atomic mass is 10.1. The van der Waals surface area contributed by atoms with Gasteiger partial charge in [-0.15, -0.1) is 0 Å². The summed E-state index contributed by atoms with van der Waals surface area (Å²) in [5.74, 6) is 0.913. The van der Waals surface area contributed by atoms with Gasteiger partial charge in [0, 0.05) is 23.8 Å². The van der Waals surface area contributed by atoms with Gasteiger partial charge in [-0.3, -0.25) is 4.98 Å². The fourth-order valence-electron chi connectivity index (χ4n) is 2.37. The average Bonchev–Trinajstić information content (AvgIpc) is 2.53. The van der Waals surface area contributed by atoms with Crippen LogP contribution in [0.25, 0.3) is 10.9 Å². The summed E-state index contributed by atoms with van der Waals surface area (Å²) in [6.45, 7) is 3.44. The summed E-state index contributed by atoms with van der Waals surface area (Å²) < 4.78 is 5.53. The molecule has 3 nitrogen and oxygen atoms in total. The van der Waals surface area contributed by atoms with Gasteiger partial charge in [0.15, 0.2) is 0 Å². The minimum absolute atomic E-state index is 0.686. The zero-order chi connectivity index (χ0) is 14.5. The van der Waals surface area contributed by atoms with Crippen LogP contribution in [-0.2, 0) is 6.54 Å². The number of rotatable bonds is 5. The molecule has 3 rings (SSSR count). The lowest BCUT2D eigenvalue weighted by Gasteiger charge is -2.10. The summed E-state index contributed by atoms with van der Waals surface area (Å²) in [5, 5.41) is 4.62. The van der Waals surface area contributed by atoms with Gasteiger partial charge in [-0.25, -0.2) is 0 Å². The van der Waals surface area contributed by atoms with Gasteiger partial charge in [0.05, 0.1) is 12.1 Å². The van der Waals surface area contributed by atoms with Gasteiger partial charge in [0.1, 0.15) is 5.75 Å². The molecular weight excluding hydrogens is 260 g/mol. The smallest absolute Gasteiger partial charge is 0.119 e. The zero-order valence-corrected chi connectivity index (χ0v) is 12.0. The summed E-state index contributed by atoms with van der Waals surface area (Å²) in [6.07, 6.45) is 1.82. The molecule has 0 fully saturated rings. The number of anilines is 1. The monoisotopic (exact) mass is 278 g/mol. The van der Waals surface area contributed by atoms with Gasteiger partial charge < -0.3 is 10.1 Å². The summed E-state index contributed by atoms with van der Waals surface area (Å²) in [7, 11) is 0. The molecule has 0 bridgehead atoms. The van der Waals surface area contributed by atoms with Crippen molar-refractivity contribution in [3.8, 4) is 5.75 Å². The first-order valence-corrected chi connectivity index (χ1v) is 7.16. The third kappa shape index (κ3) is 3.14. The highest BCUT2D eigenvalue weighted by Gasteiger charge is 2.01. The molecule has 106 valence electrons. The molecule has 0 amide bonds. The van der Waals surface area contributed by atoms with Crippen LogP contribution < -0.4 is 10.1 Å². The second kappa shape index (κ2) is 6.27. The lowest BCUT2D eigenvalue weighted by molar-refractivity contribution is 0.340. The van der Waals surface area contributed by atoms with Crippen LogP contribution in [0.2, 0.25) is 0 Å². The van der Waals surface area contributed by atoms with Crippen molar-refractivity contribution in [2.24, 2.45) is 0 Å². The number of pyridine rings is 1. The average molecular weight is 278 g/mol. The number of ether oxygens (including phenoxy) is 1. The predicted octanol–water partition coefficient (Wildman–Crippen LogP) is 4.25. The first-order chi connectivity index (χ1) is 10.4. The Morgan fingerprint density at radius 2 is 1.95 bits per heavy atom.